The van der Waals surface area contributed by atoms with Crippen LogP contribution >= 0.6 is 85.5 Å². The van der Waals surface area contributed by atoms with Crippen LogP contribution in [0.25, 0.3) is 0 Å². The van der Waals surface area contributed by atoms with Gasteiger partial charge in [0.1, 0.15) is 61.4 Å². The molecule has 3 aromatic rings. The van der Waals surface area contributed by atoms with Crippen molar-refractivity contribution in [2.75, 3.05) is 59.5 Å². The number of hydrogen-bond acceptors (Lipinski definition) is 12. The number of rotatable bonds is 27. The molecule has 384 valence electrons. The molecule has 0 radical (unpaired) electrons. The molecule has 12 nitrogen and oxygen atoms in total. The maximum absolute atomic E-state index is 14.0. The van der Waals surface area contributed by atoms with Gasteiger partial charge in [0.25, 0.3) is 6.08 Å². The summed E-state index contributed by atoms with van der Waals surface area (Å²) in [7, 11) is 0. The van der Waals surface area contributed by atoms with Gasteiger partial charge in [-0.1, -0.05) is 85.1 Å². The second-order valence-electron chi connectivity index (χ2n) is 13.8. The van der Waals surface area contributed by atoms with Crippen LogP contribution in [0.1, 0.15) is 60.8 Å². The van der Waals surface area contributed by atoms with Gasteiger partial charge >= 0.3 is 0 Å². The molecule has 0 aliphatic rings. The van der Waals surface area contributed by atoms with Crippen LogP contribution in [0.2, 0.25) is 20.1 Å². The Labute approximate surface area is 436 Å². The summed E-state index contributed by atoms with van der Waals surface area (Å²) in [6.45, 7) is 12.7. The van der Waals surface area contributed by atoms with Gasteiger partial charge in [0, 0.05) is 61.7 Å². The smallest absolute Gasteiger partial charge is 0.269 e. The Morgan fingerprint density at radius 1 is 0.478 bits per heavy atom. The van der Waals surface area contributed by atoms with Gasteiger partial charge in [-0.3, -0.25) is 0 Å². The summed E-state index contributed by atoms with van der Waals surface area (Å²) in [5.41, 5.74) is 2.46. The second kappa shape index (κ2) is 36.8. The zero-order valence-electron chi connectivity index (χ0n) is 38.2. The number of oxime groups is 3. The molecule has 0 atom stereocenters. The van der Waals surface area contributed by atoms with E-state index >= 15 is 0 Å². The van der Waals surface area contributed by atoms with Crippen molar-refractivity contribution in [3.8, 4) is 34.5 Å². The Hall–Kier alpha value is -4.04. The highest BCUT2D eigenvalue weighted by Gasteiger charge is 2.14. The van der Waals surface area contributed by atoms with E-state index in [1.165, 1.54) is 30.4 Å². The van der Waals surface area contributed by atoms with Crippen molar-refractivity contribution in [1.29, 1.82) is 0 Å². The molecule has 0 fully saturated rings. The third-order valence-corrected chi connectivity index (χ3v) is 8.75. The third kappa shape index (κ3) is 31.0. The summed E-state index contributed by atoms with van der Waals surface area (Å²) in [6, 6.07) is 8.07. The fraction of sp³-hybridized carbons (Fsp3) is 0.400. The number of benzene rings is 3. The van der Waals surface area contributed by atoms with Crippen molar-refractivity contribution in [1.82, 2.24) is 0 Å². The summed E-state index contributed by atoms with van der Waals surface area (Å²) >= 11 is 37.7. The average Bonchev–Trinajstić information content (AvgIpc) is 3.24. The Balaban J connectivity index is 0.000000517. The molecule has 0 bridgehead atoms. The molecule has 0 aliphatic heterocycles. The predicted molar refractivity (Wildman–Crippen MR) is 269 cm³/mol. The number of halogens is 12. The number of ether oxygens (including phenoxy) is 6. The lowest BCUT2D eigenvalue weighted by atomic mass is 10.3. The van der Waals surface area contributed by atoms with Crippen LogP contribution in [-0.4, -0.2) is 76.6 Å². The fourth-order valence-electron chi connectivity index (χ4n) is 4.29. The normalized spacial score (nSPS) is 10.4. The monoisotopic (exact) mass is 1160 g/mol. The minimum atomic E-state index is -1.87. The van der Waals surface area contributed by atoms with Gasteiger partial charge in [-0.15, -0.1) is 0 Å². The van der Waals surface area contributed by atoms with E-state index in [1.54, 1.807) is 26.0 Å². The van der Waals surface area contributed by atoms with Crippen molar-refractivity contribution in [2.45, 2.75) is 60.8 Å². The first-order valence-electron chi connectivity index (χ1n) is 20.4. The van der Waals surface area contributed by atoms with Crippen molar-refractivity contribution < 1.29 is 64.9 Å². The zero-order chi connectivity index (χ0) is 51.7. The molecule has 0 spiro atoms. The second-order valence-corrected chi connectivity index (χ2v) is 17.2. The molecule has 24 heteroatoms. The largest absolute Gasteiger partial charge is 0.490 e. The first kappa shape index (κ1) is 63.0. The van der Waals surface area contributed by atoms with Crippen LogP contribution < -0.4 is 28.4 Å². The molecule has 3 rings (SSSR count). The van der Waals surface area contributed by atoms with E-state index in [0.29, 0.717) is 73.3 Å². The number of hydrogen-bond donors (Lipinski definition) is 0. The van der Waals surface area contributed by atoms with E-state index in [0.717, 1.165) is 23.2 Å². The van der Waals surface area contributed by atoms with Gasteiger partial charge in [0.15, 0.2) is 33.6 Å². The van der Waals surface area contributed by atoms with E-state index in [2.05, 4.69) is 31.4 Å². The van der Waals surface area contributed by atoms with Crippen LogP contribution in [0.5, 0.6) is 34.5 Å². The first-order valence-corrected chi connectivity index (χ1v) is 23.4. The molecule has 0 N–H and O–H groups in total. The molecule has 0 heterocycles. The van der Waals surface area contributed by atoms with Gasteiger partial charge in [0.05, 0.1) is 57.0 Å². The SMILES string of the molecule is CC(C)=NOCCCOc1c(Cl)cc(OC/C=C(\F)Br)cc1Cl.CC(C)=NOCCCOc1c(F)cc(OCC=C(Cl)Cl)cc1Cl.CC(C)=NOCCCOc1c(F)cc(OCC=C(F)F)cc1Cl. The highest BCUT2D eigenvalue weighted by atomic mass is 79.9. The molecule has 0 saturated heterocycles. The van der Waals surface area contributed by atoms with E-state index in [4.69, 9.17) is 113 Å². The van der Waals surface area contributed by atoms with Gasteiger partial charge in [-0.2, -0.15) is 13.2 Å². The van der Waals surface area contributed by atoms with Crippen molar-refractivity contribution in [3.63, 3.8) is 0 Å². The minimum Gasteiger partial charge on any atom is -0.490 e. The Bertz CT molecular complexity index is 1890. The molecule has 0 aliphatic carbocycles. The van der Waals surface area contributed by atoms with Gasteiger partial charge in [0.2, 0.25) is 0 Å². The van der Waals surface area contributed by atoms with Gasteiger partial charge in [-0.25, -0.2) is 8.78 Å². The lowest BCUT2D eigenvalue weighted by Crippen LogP contribution is -2.04. The van der Waals surface area contributed by atoms with Crippen molar-refractivity contribution in [3.05, 3.63) is 102 Å². The molecular weight excluding hydrogens is 1110 g/mol. The quantitative estimate of drug-likeness (QED) is 0.0318. The minimum absolute atomic E-state index is 0.00644. The zero-order valence-corrected chi connectivity index (χ0v) is 44.4. The van der Waals surface area contributed by atoms with Crippen molar-refractivity contribution in [2.24, 2.45) is 15.5 Å². The molecule has 0 aromatic heterocycles. The van der Waals surface area contributed by atoms with Crippen LogP contribution in [0.15, 0.2) is 85.4 Å². The molecule has 0 amide bonds. The standard InChI is InChI=1S/C15H17BrCl2FNO3.C15H17Cl3FNO3.C15H17ClF3NO3/c1-10(2)20-23-6-3-5-22-15-12(17)8-11(9-13(15)18)21-7-4-14(16)19;1-10(2)20-23-6-3-5-22-15-12(16)8-11(9-13(15)19)21-7-4-14(17)18;1-10(2)20-23-6-3-5-22-15-12(16)8-11(9-13(15)17)21-7-4-14(18)19/h3*4,8-9H,3,5-7H2,1-2H3/b14-4-;;. The summed E-state index contributed by atoms with van der Waals surface area (Å²) in [6.07, 6.45) is 3.02. The third-order valence-electron chi connectivity index (χ3n) is 7.00. The van der Waals surface area contributed by atoms with E-state index in [1.807, 2.05) is 27.7 Å². The lowest BCUT2D eigenvalue weighted by molar-refractivity contribution is 0.126. The summed E-state index contributed by atoms with van der Waals surface area (Å²) in [4.78, 5) is 15.0. The van der Waals surface area contributed by atoms with Crippen LogP contribution in [-0.2, 0) is 14.5 Å². The molecule has 69 heavy (non-hydrogen) atoms. The lowest BCUT2D eigenvalue weighted by Gasteiger charge is -2.12. The van der Waals surface area contributed by atoms with Crippen LogP contribution in [0.4, 0.5) is 22.0 Å². The van der Waals surface area contributed by atoms with E-state index in [9.17, 15) is 22.0 Å². The van der Waals surface area contributed by atoms with Crippen LogP contribution in [0.3, 0.4) is 0 Å². The molecule has 3 aromatic carbocycles. The molecular formula is C45H51BrCl6F5N3O9. The Kier molecular flexibility index (Phi) is 33.6. The van der Waals surface area contributed by atoms with Crippen LogP contribution in [0, 0.1) is 11.6 Å². The summed E-state index contributed by atoms with van der Waals surface area (Å²) in [5.74, 6) is -0.416. The average molecular weight is 1170 g/mol. The predicted octanol–water partition coefficient (Wildman–Crippen LogP) is 15.9. The summed E-state index contributed by atoms with van der Waals surface area (Å²) in [5, 5.41) is 12.1. The maximum Gasteiger partial charge on any atom is 0.269 e. The highest BCUT2D eigenvalue weighted by molar-refractivity contribution is 9.11. The number of nitrogens with zero attached hydrogens (tertiary/aromatic N) is 3. The molecule has 0 unspecified atom stereocenters. The van der Waals surface area contributed by atoms with Gasteiger partial charge < -0.3 is 42.9 Å². The Morgan fingerprint density at radius 2 is 0.797 bits per heavy atom. The first-order chi connectivity index (χ1) is 32.7. The highest BCUT2D eigenvalue weighted by Crippen LogP contribution is 2.37. The Morgan fingerprint density at radius 3 is 1.12 bits per heavy atom. The topological polar surface area (TPSA) is 120 Å². The molecule has 0 saturated carbocycles. The van der Waals surface area contributed by atoms with E-state index < -0.39 is 22.5 Å². The van der Waals surface area contributed by atoms with Crippen molar-refractivity contribution >= 4 is 103 Å². The van der Waals surface area contributed by atoms with E-state index in [-0.39, 0.29) is 70.6 Å². The maximum atomic E-state index is 14.0. The fourth-order valence-corrected chi connectivity index (χ4v) is 5.63. The van der Waals surface area contributed by atoms with Gasteiger partial charge in [-0.05, 0) is 69.6 Å². The summed E-state index contributed by atoms with van der Waals surface area (Å²) < 4.78 is 95.3.